The highest BCUT2D eigenvalue weighted by Gasteiger charge is 2.19. The molecule has 0 saturated heterocycles. The Morgan fingerprint density at radius 1 is 0.477 bits per heavy atom. The number of rotatable bonds is 15. The molecule has 0 heterocycles. The summed E-state index contributed by atoms with van der Waals surface area (Å²) < 4.78 is 1.08. The van der Waals surface area contributed by atoms with Gasteiger partial charge in [0.25, 0.3) is 0 Å². The van der Waals surface area contributed by atoms with Gasteiger partial charge >= 0.3 is 0 Å². The van der Waals surface area contributed by atoms with E-state index in [2.05, 4.69) is 156 Å². The minimum atomic E-state index is 1.08. The lowest BCUT2D eigenvalue weighted by Gasteiger charge is -2.29. The zero-order valence-electron chi connectivity index (χ0n) is 26.4. The molecule has 0 N–H and O–H groups in total. The second kappa shape index (κ2) is 16.5. The van der Waals surface area contributed by atoms with Gasteiger partial charge in [0.2, 0.25) is 0 Å². The smallest absolute Gasteiger partial charge is 0.0540 e. The Kier molecular flexibility index (Phi) is 11.9. The summed E-state index contributed by atoms with van der Waals surface area (Å²) in [5, 5.41) is 0. The van der Waals surface area contributed by atoms with Gasteiger partial charge in [0.1, 0.15) is 0 Å². The first-order chi connectivity index (χ1) is 21.7. The van der Waals surface area contributed by atoms with Crippen molar-refractivity contribution in [1.82, 2.24) is 0 Å². The number of hydrogen-bond acceptors (Lipinski definition) is 1. The van der Waals surface area contributed by atoms with Crippen molar-refractivity contribution in [2.24, 2.45) is 0 Å². The van der Waals surface area contributed by atoms with Crippen LogP contribution in [0.4, 0.5) is 17.1 Å². The number of para-hydroxylation sites is 1. The van der Waals surface area contributed by atoms with E-state index in [1.54, 1.807) is 0 Å². The Labute approximate surface area is 274 Å². The standard InChI is InChI=1S/C42H46BrN/c1-3-5-7-10-16-33-22-27-37(28-23-33)44(38-29-24-34(25-30-38)17-11-8-6-4-2)42-21-15-14-20-40(42)41-32-36(43)26-31-39(41)35-18-12-9-13-19-35/h9,12-15,18-32H,3-8,10-11,16-17H2,1-2H3. The van der Waals surface area contributed by atoms with Crippen LogP contribution in [0.2, 0.25) is 0 Å². The van der Waals surface area contributed by atoms with Crippen LogP contribution in [0.25, 0.3) is 22.3 Å². The maximum Gasteiger partial charge on any atom is 0.0540 e. The molecule has 0 spiro atoms. The zero-order chi connectivity index (χ0) is 30.6. The number of hydrogen-bond donors (Lipinski definition) is 0. The van der Waals surface area contributed by atoms with Crippen LogP contribution in [0.15, 0.2) is 126 Å². The summed E-state index contributed by atoms with van der Waals surface area (Å²) in [6.07, 6.45) is 12.6. The summed E-state index contributed by atoms with van der Waals surface area (Å²) in [6.45, 7) is 4.55. The zero-order valence-corrected chi connectivity index (χ0v) is 28.0. The van der Waals surface area contributed by atoms with E-state index in [0.717, 1.165) is 17.3 Å². The third-order valence-corrected chi connectivity index (χ3v) is 9.02. The highest BCUT2D eigenvalue weighted by molar-refractivity contribution is 9.10. The first-order valence-corrected chi connectivity index (χ1v) is 17.4. The number of nitrogens with zero attached hydrogens (tertiary/aromatic N) is 1. The summed E-state index contributed by atoms with van der Waals surface area (Å²) >= 11 is 3.78. The summed E-state index contributed by atoms with van der Waals surface area (Å²) in [5.74, 6) is 0. The molecule has 5 aromatic rings. The predicted octanol–water partition coefficient (Wildman–Crippen LogP) is 13.5. The predicted molar refractivity (Wildman–Crippen MR) is 195 cm³/mol. The average Bonchev–Trinajstić information content (AvgIpc) is 3.07. The van der Waals surface area contributed by atoms with Crippen LogP contribution in [-0.4, -0.2) is 0 Å². The fourth-order valence-corrected chi connectivity index (χ4v) is 6.43. The minimum absolute atomic E-state index is 1.08. The van der Waals surface area contributed by atoms with E-state index in [1.807, 2.05) is 0 Å². The molecule has 5 aromatic carbocycles. The van der Waals surface area contributed by atoms with Crippen molar-refractivity contribution in [3.8, 4) is 22.3 Å². The molecule has 44 heavy (non-hydrogen) atoms. The van der Waals surface area contributed by atoms with Gasteiger partial charge in [-0.1, -0.05) is 147 Å². The monoisotopic (exact) mass is 643 g/mol. The Balaban J connectivity index is 1.56. The summed E-state index contributed by atoms with van der Waals surface area (Å²) in [4.78, 5) is 2.44. The maximum atomic E-state index is 3.78. The van der Waals surface area contributed by atoms with E-state index in [0.29, 0.717) is 0 Å². The van der Waals surface area contributed by atoms with Crippen molar-refractivity contribution in [2.45, 2.75) is 78.1 Å². The van der Waals surface area contributed by atoms with Crippen LogP contribution >= 0.6 is 15.9 Å². The van der Waals surface area contributed by atoms with Crippen LogP contribution in [0.5, 0.6) is 0 Å². The van der Waals surface area contributed by atoms with Crippen LogP contribution < -0.4 is 4.90 Å². The molecule has 2 heteroatoms. The van der Waals surface area contributed by atoms with Gasteiger partial charge in [0.15, 0.2) is 0 Å². The molecule has 0 amide bonds. The van der Waals surface area contributed by atoms with Gasteiger partial charge in [0.05, 0.1) is 5.69 Å². The summed E-state index contributed by atoms with van der Waals surface area (Å²) in [5.41, 5.74) is 11.2. The molecule has 0 fully saturated rings. The van der Waals surface area contributed by atoms with Crippen LogP contribution in [0.1, 0.15) is 76.3 Å². The molecule has 0 saturated carbocycles. The van der Waals surface area contributed by atoms with Crippen molar-refractivity contribution in [3.05, 3.63) is 137 Å². The van der Waals surface area contributed by atoms with Gasteiger partial charge in [-0.25, -0.2) is 0 Å². The quantitative estimate of drug-likeness (QED) is 0.103. The van der Waals surface area contributed by atoms with Gasteiger partial charge in [-0.05, 0) is 96.0 Å². The second-order valence-corrected chi connectivity index (χ2v) is 12.8. The van der Waals surface area contributed by atoms with Gasteiger partial charge in [-0.3, -0.25) is 0 Å². The largest absolute Gasteiger partial charge is 0.310 e. The second-order valence-electron chi connectivity index (χ2n) is 11.9. The third kappa shape index (κ3) is 8.30. The molecule has 0 aromatic heterocycles. The molecule has 1 nitrogen and oxygen atoms in total. The Morgan fingerprint density at radius 3 is 1.59 bits per heavy atom. The first-order valence-electron chi connectivity index (χ1n) is 16.6. The number of halogens is 1. The highest BCUT2D eigenvalue weighted by Crippen LogP contribution is 2.44. The Bertz CT molecular complexity index is 1520. The van der Waals surface area contributed by atoms with Crippen molar-refractivity contribution in [1.29, 1.82) is 0 Å². The molecule has 0 unspecified atom stereocenters. The Morgan fingerprint density at radius 2 is 1.02 bits per heavy atom. The van der Waals surface area contributed by atoms with Crippen LogP contribution in [0, 0.1) is 0 Å². The molecule has 5 rings (SSSR count). The highest BCUT2D eigenvalue weighted by atomic mass is 79.9. The topological polar surface area (TPSA) is 3.24 Å². The Hall–Kier alpha value is -3.62. The average molecular weight is 645 g/mol. The third-order valence-electron chi connectivity index (χ3n) is 8.53. The first kappa shape index (κ1) is 31.8. The number of unbranched alkanes of at least 4 members (excludes halogenated alkanes) is 6. The van der Waals surface area contributed by atoms with E-state index in [-0.39, 0.29) is 0 Å². The summed E-state index contributed by atoms with van der Waals surface area (Å²) in [6, 6.07) is 44.8. The number of aryl methyl sites for hydroxylation is 2. The maximum absolute atomic E-state index is 3.78. The van der Waals surface area contributed by atoms with E-state index >= 15 is 0 Å². The van der Waals surface area contributed by atoms with Crippen LogP contribution in [-0.2, 0) is 12.8 Å². The minimum Gasteiger partial charge on any atom is -0.310 e. The lowest BCUT2D eigenvalue weighted by molar-refractivity contribution is 0.667. The van der Waals surface area contributed by atoms with E-state index in [9.17, 15) is 0 Å². The molecule has 0 radical (unpaired) electrons. The van der Waals surface area contributed by atoms with Crippen molar-refractivity contribution in [2.75, 3.05) is 4.90 Å². The normalized spacial score (nSPS) is 11.1. The van der Waals surface area contributed by atoms with Gasteiger partial charge in [0, 0.05) is 21.4 Å². The van der Waals surface area contributed by atoms with Crippen molar-refractivity contribution < 1.29 is 0 Å². The van der Waals surface area contributed by atoms with E-state index in [1.165, 1.54) is 102 Å². The van der Waals surface area contributed by atoms with Gasteiger partial charge in [-0.2, -0.15) is 0 Å². The number of anilines is 3. The van der Waals surface area contributed by atoms with E-state index < -0.39 is 0 Å². The van der Waals surface area contributed by atoms with Crippen LogP contribution in [0.3, 0.4) is 0 Å². The fraction of sp³-hybridized carbons (Fsp3) is 0.286. The van der Waals surface area contributed by atoms with Crippen molar-refractivity contribution in [3.63, 3.8) is 0 Å². The summed E-state index contributed by atoms with van der Waals surface area (Å²) in [7, 11) is 0. The molecule has 0 aliphatic carbocycles. The number of benzene rings is 5. The van der Waals surface area contributed by atoms with E-state index in [4.69, 9.17) is 0 Å². The molecule has 0 atom stereocenters. The molecular formula is C42H46BrN. The lowest BCUT2D eigenvalue weighted by atomic mass is 9.93. The fourth-order valence-electron chi connectivity index (χ4n) is 6.07. The molecule has 0 aliphatic heterocycles. The SMILES string of the molecule is CCCCCCc1ccc(N(c2ccc(CCCCCC)cc2)c2ccccc2-c2cc(Br)ccc2-c2ccccc2)cc1. The molecule has 226 valence electrons. The van der Waals surface area contributed by atoms with Gasteiger partial charge < -0.3 is 4.90 Å². The lowest BCUT2D eigenvalue weighted by Crippen LogP contribution is -2.11. The molecule has 0 aliphatic rings. The molecule has 0 bridgehead atoms. The van der Waals surface area contributed by atoms with Crippen molar-refractivity contribution >= 4 is 33.0 Å². The van der Waals surface area contributed by atoms with Gasteiger partial charge in [-0.15, -0.1) is 0 Å². The molecular weight excluding hydrogens is 598 g/mol.